The number of piperidine rings is 1. The van der Waals surface area contributed by atoms with Crippen molar-refractivity contribution in [2.24, 2.45) is 4.99 Å². The number of carbonyl (C=O) groups excluding carboxylic acids is 2. The van der Waals surface area contributed by atoms with Gasteiger partial charge in [0.2, 0.25) is 0 Å². The van der Waals surface area contributed by atoms with Crippen molar-refractivity contribution in [3.05, 3.63) is 0 Å². The molecule has 2 fully saturated rings. The van der Waals surface area contributed by atoms with Gasteiger partial charge in [-0.25, -0.2) is 9.37 Å². The van der Waals surface area contributed by atoms with E-state index >= 15 is 0 Å². The zero-order valence-corrected chi connectivity index (χ0v) is 13.6. The van der Waals surface area contributed by atoms with E-state index in [1.54, 1.807) is 13.4 Å². The van der Waals surface area contributed by atoms with E-state index in [-0.39, 0.29) is 24.1 Å². The third-order valence-corrected chi connectivity index (χ3v) is 4.88. The molecule has 8 heteroatoms. The summed E-state index contributed by atoms with van der Waals surface area (Å²) in [5.74, 6) is 0.255. The second kappa shape index (κ2) is 6.37. The number of carbonyl (C=O) groups is 2. The Kier molecular flexibility index (Phi) is 4.45. The van der Waals surface area contributed by atoms with Gasteiger partial charge in [0.25, 0.3) is 24.1 Å². The fraction of sp³-hybridized carbons (Fsp3) is 0.733. The number of aliphatic hydroxyl groups excluding tert-OH is 1. The lowest BCUT2D eigenvalue weighted by Crippen LogP contribution is -2.61. The molecule has 0 aliphatic carbocycles. The molecular weight excluding hydrogens is 298 g/mol. The minimum Gasteiger partial charge on any atom is -0.392 e. The van der Waals surface area contributed by atoms with E-state index in [0.29, 0.717) is 12.4 Å². The van der Waals surface area contributed by atoms with E-state index in [4.69, 9.17) is 0 Å². The number of amides is 3. The number of likely N-dealkylation sites (N-methyl/N-ethyl adjacent to an activating group) is 2. The van der Waals surface area contributed by atoms with Gasteiger partial charge in [-0.1, -0.05) is 0 Å². The lowest BCUT2D eigenvalue weighted by atomic mass is 9.97. The lowest BCUT2D eigenvalue weighted by Gasteiger charge is -2.31. The fourth-order valence-electron chi connectivity index (χ4n) is 3.45. The van der Waals surface area contributed by atoms with Gasteiger partial charge < -0.3 is 10.4 Å². The molecule has 2 saturated heterocycles. The Balaban J connectivity index is 1.58. The molecule has 23 heavy (non-hydrogen) atoms. The summed E-state index contributed by atoms with van der Waals surface area (Å²) in [7, 11) is 3.13. The van der Waals surface area contributed by atoms with E-state index in [1.807, 2.05) is 4.58 Å². The van der Waals surface area contributed by atoms with Gasteiger partial charge in [-0.15, -0.1) is 0 Å². The molecule has 3 aliphatic heterocycles. The topological polar surface area (TPSA) is 88.2 Å². The second-order valence-electron chi connectivity index (χ2n) is 6.39. The van der Waals surface area contributed by atoms with Gasteiger partial charge in [-0.05, 0) is 37.2 Å². The van der Waals surface area contributed by atoms with Crippen LogP contribution in [-0.2, 0) is 4.79 Å². The Hall–Kier alpha value is -1.80. The Morgan fingerprint density at radius 3 is 2.91 bits per heavy atom. The Labute approximate surface area is 135 Å². The van der Waals surface area contributed by atoms with Crippen molar-refractivity contribution in [3.8, 4) is 0 Å². The minimum absolute atomic E-state index is 0.126. The number of rotatable bonds is 4. The number of hydrogen-bond donors (Lipinski definition) is 2. The third-order valence-electron chi connectivity index (χ3n) is 4.88. The minimum atomic E-state index is -0.507. The van der Waals surface area contributed by atoms with E-state index in [0.717, 1.165) is 37.1 Å². The maximum Gasteiger partial charge on any atom is 0.333 e. The van der Waals surface area contributed by atoms with Gasteiger partial charge in [-0.3, -0.25) is 14.6 Å². The Morgan fingerprint density at radius 2 is 2.17 bits per heavy atom. The highest BCUT2D eigenvalue weighted by Crippen LogP contribution is 2.18. The van der Waals surface area contributed by atoms with Crippen molar-refractivity contribution < 1.29 is 19.3 Å². The number of imide groups is 1. The van der Waals surface area contributed by atoms with Crippen LogP contribution in [0.15, 0.2) is 4.99 Å². The predicted octanol–water partition coefficient (Wildman–Crippen LogP) is -0.775. The van der Waals surface area contributed by atoms with Gasteiger partial charge in [-0.2, -0.15) is 0 Å². The van der Waals surface area contributed by atoms with Gasteiger partial charge in [0, 0.05) is 20.1 Å². The van der Waals surface area contributed by atoms with E-state index in [1.165, 1.54) is 11.9 Å². The maximum absolute atomic E-state index is 12.4. The van der Waals surface area contributed by atoms with Crippen LogP contribution in [0.3, 0.4) is 0 Å². The van der Waals surface area contributed by atoms with Crippen LogP contribution in [-0.4, -0.2) is 89.0 Å². The highest BCUT2D eigenvalue weighted by atomic mass is 16.3. The number of nitrogens with one attached hydrogen (secondary N) is 1. The SMILES string of the molecule is CN1C(=O)C2C(=NC=[N+]2CCC[C@H]2NCCC[C@@H]2O)N(C)C1=O. The lowest BCUT2D eigenvalue weighted by molar-refractivity contribution is -0.531. The zero-order chi connectivity index (χ0) is 16.6. The summed E-state index contributed by atoms with van der Waals surface area (Å²) in [6, 6.07) is -0.734. The van der Waals surface area contributed by atoms with Crippen LogP contribution in [0.25, 0.3) is 0 Å². The Morgan fingerprint density at radius 1 is 1.39 bits per heavy atom. The summed E-state index contributed by atoms with van der Waals surface area (Å²) < 4.78 is 1.88. The normalized spacial score (nSPS) is 31.2. The number of nitrogens with zero attached hydrogens (tertiary/aromatic N) is 4. The number of urea groups is 1. The zero-order valence-electron chi connectivity index (χ0n) is 13.6. The molecular formula is C15H24N5O3+. The van der Waals surface area contributed by atoms with E-state index in [9.17, 15) is 14.7 Å². The van der Waals surface area contributed by atoms with Crippen molar-refractivity contribution in [3.63, 3.8) is 0 Å². The maximum atomic E-state index is 12.4. The molecule has 0 spiro atoms. The molecule has 0 aromatic heterocycles. The number of aliphatic imine (C=N–C) groups is 1. The first-order chi connectivity index (χ1) is 11.0. The van der Waals surface area contributed by atoms with Crippen LogP contribution in [0, 0.1) is 0 Å². The molecule has 0 bridgehead atoms. The van der Waals surface area contributed by atoms with Crippen molar-refractivity contribution in [1.82, 2.24) is 15.1 Å². The van der Waals surface area contributed by atoms with Crippen LogP contribution in [0.4, 0.5) is 4.79 Å². The molecule has 3 rings (SSSR count). The van der Waals surface area contributed by atoms with Crippen LogP contribution in [0.2, 0.25) is 0 Å². The van der Waals surface area contributed by atoms with Crippen LogP contribution < -0.4 is 5.32 Å². The first kappa shape index (κ1) is 16.1. The molecule has 3 amide bonds. The smallest absolute Gasteiger partial charge is 0.333 e. The standard InChI is InChI=1S/C15H24N5O3/c1-18-13-12(14(22)19(2)15(18)23)20(9-17-13)8-4-5-10-11(21)6-3-7-16-10/h9-12,16,21H,3-8H2,1-2H3/q+1/t10-,11+,12?/m1/s1. The molecule has 2 N–H and O–H groups in total. The van der Waals surface area contributed by atoms with Crippen molar-refractivity contribution in [2.75, 3.05) is 27.2 Å². The highest BCUT2D eigenvalue weighted by Gasteiger charge is 2.50. The molecule has 126 valence electrons. The summed E-state index contributed by atoms with van der Waals surface area (Å²) >= 11 is 0. The molecule has 3 heterocycles. The molecule has 8 nitrogen and oxygen atoms in total. The average Bonchev–Trinajstić information content (AvgIpc) is 2.97. The summed E-state index contributed by atoms with van der Waals surface area (Å²) in [6.07, 6.45) is 4.92. The van der Waals surface area contributed by atoms with Crippen LogP contribution in [0.1, 0.15) is 25.7 Å². The second-order valence-corrected chi connectivity index (χ2v) is 6.39. The largest absolute Gasteiger partial charge is 0.392 e. The monoisotopic (exact) mass is 322 g/mol. The van der Waals surface area contributed by atoms with Crippen molar-refractivity contribution >= 4 is 24.1 Å². The summed E-state index contributed by atoms with van der Waals surface area (Å²) in [5.41, 5.74) is 0. The van der Waals surface area contributed by atoms with E-state index < -0.39 is 6.04 Å². The number of aliphatic hydroxyl groups is 1. The molecule has 0 aromatic carbocycles. The average molecular weight is 322 g/mol. The van der Waals surface area contributed by atoms with E-state index in [2.05, 4.69) is 10.3 Å². The highest BCUT2D eigenvalue weighted by molar-refractivity contribution is 6.21. The Bertz CT molecular complexity index is 573. The van der Waals surface area contributed by atoms with Crippen LogP contribution >= 0.6 is 0 Å². The summed E-state index contributed by atoms with van der Waals surface area (Å²) in [4.78, 5) is 31.1. The first-order valence-electron chi connectivity index (χ1n) is 8.14. The quantitative estimate of drug-likeness (QED) is 0.665. The summed E-state index contributed by atoms with van der Waals surface area (Å²) in [6.45, 7) is 1.62. The number of hydrogen-bond acceptors (Lipinski definition) is 5. The predicted molar refractivity (Wildman–Crippen MR) is 84.6 cm³/mol. The van der Waals surface area contributed by atoms with Gasteiger partial charge in [0.05, 0.1) is 12.6 Å². The van der Waals surface area contributed by atoms with Crippen LogP contribution in [0.5, 0.6) is 0 Å². The molecule has 1 unspecified atom stereocenters. The molecule has 3 aliphatic rings. The first-order valence-corrected chi connectivity index (χ1v) is 8.14. The number of fused-ring (bicyclic) bond motifs is 1. The van der Waals surface area contributed by atoms with Crippen molar-refractivity contribution in [2.45, 2.75) is 43.9 Å². The number of amidine groups is 1. The third kappa shape index (κ3) is 2.88. The fourth-order valence-corrected chi connectivity index (χ4v) is 3.45. The molecule has 0 saturated carbocycles. The molecule has 3 atom stereocenters. The van der Waals surface area contributed by atoms with Gasteiger partial charge >= 0.3 is 6.03 Å². The summed E-state index contributed by atoms with van der Waals surface area (Å²) in [5, 5.41) is 13.3. The van der Waals surface area contributed by atoms with Gasteiger partial charge in [0.1, 0.15) is 0 Å². The van der Waals surface area contributed by atoms with Crippen molar-refractivity contribution in [1.29, 1.82) is 0 Å². The molecule has 0 aromatic rings. The molecule has 0 radical (unpaired) electrons. The van der Waals surface area contributed by atoms with Gasteiger partial charge in [0.15, 0.2) is 0 Å².